The molecule has 3 aromatic rings. The summed E-state index contributed by atoms with van der Waals surface area (Å²) < 4.78 is 10.9. The minimum atomic E-state index is -0.435. The summed E-state index contributed by atoms with van der Waals surface area (Å²) >= 11 is 0. The number of rotatable bonds is 7. The van der Waals surface area contributed by atoms with Gasteiger partial charge in [0.05, 0.1) is 11.1 Å². The molecule has 0 amide bonds. The Morgan fingerprint density at radius 2 is 1.72 bits per heavy atom. The number of hydrogen-bond donors (Lipinski definition) is 0. The van der Waals surface area contributed by atoms with E-state index in [1.807, 2.05) is 62.5 Å². The van der Waals surface area contributed by atoms with Gasteiger partial charge in [0.1, 0.15) is 5.78 Å². The predicted octanol–water partition coefficient (Wildman–Crippen LogP) is 5.22. The smallest absolute Gasteiger partial charge is 0.231 e. The lowest BCUT2D eigenvalue weighted by atomic mass is 9.88. The van der Waals surface area contributed by atoms with Crippen molar-refractivity contribution in [1.82, 2.24) is 4.98 Å². The second-order valence-corrected chi connectivity index (χ2v) is 8.59. The van der Waals surface area contributed by atoms with E-state index < -0.39 is 5.41 Å². The fraction of sp³-hybridized carbons (Fsp3) is 0.296. The standard InChI is InChI=1S/C27H25NO4/c1-3-23(29)19-6-4-18(5-7-19)20-12-17(2)22(28-15-20)14-26(30)27(10-11-27)21-8-9-24-25(13-21)32-16-31-24/h4-9,12-13,15H,3,10-11,14,16H2,1-2H3. The third-order valence-corrected chi connectivity index (χ3v) is 6.58. The van der Waals surface area contributed by atoms with E-state index in [0.29, 0.717) is 18.6 Å². The van der Waals surface area contributed by atoms with Crippen LogP contribution in [0, 0.1) is 6.92 Å². The van der Waals surface area contributed by atoms with Gasteiger partial charge in [-0.15, -0.1) is 0 Å². The molecule has 0 bridgehead atoms. The minimum absolute atomic E-state index is 0.135. The molecular weight excluding hydrogens is 402 g/mol. The summed E-state index contributed by atoms with van der Waals surface area (Å²) in [5.74, 6) is 1.78. The molecule has 5 rings (SSSR count). The number of pyridine rings is 1. The minimum Gasteiger partial charge on any atom is -0.454 e. The van der Waals surface area contributed by atoms with Crippen LogP contribution in [0.5, 0.6) is 11.5 Å². The van der Waals surface area contributed by atoms with Crippen molar-refractivity contribution in [2.75, 3.05) is 6.79 Å². The summed E-state index contributed by atoms with van der Waals surface area (Å²) in [5.41, 5.74) is 5.07. The molecule has 1 aliphatic carbocycles. The molecule has 2 heterocycles. The van der Waals surface area contributed by atoms with Crippen molar-refractivity contribution in [1.29, 1.82) is 0 Å². The number of Topliss-reactive ketones (excluding diaryl/α,β-unsaturated/α-hetero) is 2. The summed E-state index contributed by atoms with van der Waals surface area (Å²) in [7, 11) is 0. The average Bonchev–Trinajstić information content (AvgIpc) is 3.50. The molecule has 5 nitrogen and oxygen atoms in total. The Morgan fingerprint density at radius 3 is 2.41 bits per heavy atom. The van der Waals surface area contributed by atoms with E-state index in [1.54, 1.807) is 0 Å². The number of benzene rings is 2. The molecule has 0 saturated heterocycles. The number of nitrogens with zero attached hydrogens (tertiary/aromatic N) is 1. The van der Waals surface area contributed by atoms with Gasteiger partial charge in [0.15, 0.2) is 17.3 Å². The molecule has 5 heteroatoms. The van der Waals surface area contributed by atoms with Crippen molar-refractivity contribution in [3.8, 4) is 22.6 Å². The van der Waals surface area contributed by atoms with Crippen LogP contribution in [0.25, 0.3) is 11.1 Å². The Bertz CT molecular complexity index is 1210. The molecule has 1 fully saturated rings. The van der Waals surface area contributed by atoms with Crippen molar-refractivity contribution in [2.24, 2.45) is 0 Å². The Balaban J connectivity index is 1.34. The summed E-state index contributed by atoms with van der Waals surface area (Å²) in [6.45, 7) is 4.09. The maximum atomic E-state index is 13.3. The average molecular weight is 428 g/mol. The van der Waals surface area contributed by atoms with E-state index >= 15 is 0 Å². The number of ether oxygens (including phenoxy) is 2. The maximum absolute atomic E-state index is 13.3. The van der Waals surface area contributed by atoms with Gasteiger partial charge >= 0.3 is 0 Å². The fourth-order valence-corrected chi connectivity index (χ4v) is 4.37. The first kappa shape index (κ1) is 20.4. The summed E-state index contributed by atoms with van der Waals surface area (Å²) in [5, 5.41) is 0. The second-order valence-electron chi connectivity index (χ2n) is 8.59. The Hall–Kier alpha value is -3.47. The van der Waals surface area contributed by atoms with Gasteiger partial charge in [-0.25, -0.2) is 0 Å². The zero-order chi connectivity index (χ0) is 22.3. The lowest BCUT2D eigenvalue weighted by Gasteiger charge is -2.16. The number of hydrogen-bond acceptors (Lipinski definition) is 5. The molecule has 0 atom stereocenters. The quantitative estimate of drug-likeness (QED) is 0.484. The monoisotopic (exact) mass is 427 g/mol. The number of carbonyl (C=O) groups is 2. The van der Waals surface area contributed by atoms with Crippen LogP contribution in [0.2, 0.25) is 0 Å². The van der Waals surface area contributed by atoms with E-state index in [1.165, 1.54) is 0 Å². The van der Waals surface area contributed by atoms with Crippen LogP contribution in [0.4, 0.5) is 0 Å². The highest BCUT2D eigenvalue weighted by Crippen LogP contribution is 2.51. The summed E-state index contributed by atoms with van der Waals surface area (Å²) in [6, 6.07) is 15.5. The molecule has 32 heavy (non-hydrogen) atoms. The fourth-order valence-electron chi connectivity index (χ4n) is 4.37. The highest BCUT2D eigenvalue weighted by Gasteiger charge is 2.51. The van der Waals surface area contributed by atoms with Gasteiger partial charge in [-0.3, -0.25) is 14.6 Å². The van der Waals surface area contributed by atoms with Crippen LogP contribution in [-0.4, -0.2) is 23.3 Å². The summed E-state index contributed by atoms with van der Waals surface area (Å²) in [4.78, 5) is 29.8. The van der Waals surface area contributed by atoms with Crippen LogP contribution in [0.1, 0.15) is 53.4 Å². The predicted molar refractivity (Wildman–Crippen MR) is 121 cm³/mol. The highest BCUT2D eigenvalue weighted by atomic mass is 16.7. The van der Waals surface area contributed by atoms with Crippen molar-refractivity contribution < 1.29 is 19.1 Å². The van der Waals surface area contributed by atoms with Gasteiger partial charge in [0.25, 0.3) is 0 Å². The Morgan fingerprint density at radius 1 is 0.969 bits per heavy atom. The lowest BCUT2D eigenvalue weighted by Crippen LogP contribution is -2.23. The molecule has 2 aliphatic rings. The molecule has 0 N–H and O–H groups in total. The van der Waals surface area contributed by atoms with Crippen LogP contribution in [0.15, 0.2) is 54.7 Å². The third-order valence-electron chi connectivity index (χ3n) is 6.58. The van der Waals surface area contributed by atoms with E-state index in [0.717, 1.165) is 52.1 Å². The third kappa shape index (κ3) is 3.58. The second kappa shape index (κ2) is 7.90. The molecule has 2 aromatic carbocycles. The molecule has 1 saturated carbocycles. The molecule has 162 valence electrons. The van der Waals surface area contributed by atoms with Gasteiger partial charge in [-0.2, -0.15) is 0 Å². The van der Waals surface area contributed by atoms with Gasteiger partial charge in [-0.1, -0.05) is 37.3 Å². The first-order chi connectivity index (χ1) is 15.5. The van der Waals surface area contributed by atoms with Crippen molar-refractivity contribution in [2.45, 2.75) is 44.9 Å². The maximum Gasteiger partial charge on any atom is 0.231 e. The van der Waals surface area contributed by atoms with Gasteiger partial charge in [-0.05, 0) is 54.7 Å². The van der Waals surface area contributed by atoms with E-state index in [-0.39, 0.29) is 18.4 Å². The molecule has 0 radical (unpaired) electrons. The van der Waals surface area contributed by atoms with E-state index in [4.69, 9.17) is 9.47 Å². The van der Waals surface area contributed by atoms with Crippen LogP contribution in [0.3, 0.4) is 0 Å². The lowest BCUT2D eigenvalue weighted by molar-refractivity contribution is -0.120. The zero-order valence-electron chi connectivity index (χ0n) is 18.3. The number of ketones is 2. The Labute approximate surface area is 187 Å². The molecular formula is C27H25NO4. The first-order valence-electron chi connectivity index (χ1n) is 11.0. The highest BCUT2D eigenvalue weighted by molar-refractivity contribution is 5.96. The topological polar surface area (TPSA) is 65.5 Å². The van der Waals surface area contributed by atoms with Crippen LogP contribution >= 0.6 is 0 Å². The number of aryl methyl sites for hydroxylation is 1. The molecule has 0 spiro atoms. The zero-order valence-corrected chi connectivity index (χ0v) is 18.3. The number of aromatic nitrogens is 1. The van der Waals surface area contributed by atoms with Crippen molar-refractivity contribution >= 4 is 11.6 Å². The normalized spacial score (nSPS) is 15.4. The first-order valence-corrected chi connectivity index (χ1v) is 11.0. The van der Waals surface area contributed by atoms with E-state index in [9.17, 15) is 9.59 Å². The number of carbonyl (C=O) groups excluding carboxylic acids is 2. The van der Waals surface area contributed by atoms with Gasteiger partial charge in [0.2, 0.25) is 6.79 Å². The van der Waals surface area contributed by atoms with Crippen molar-refractivity contribution in [3.63, 3.8) is 0 Å². The van der Waals surface area contributed by atoms with Crippen LogP contribution < -0.4 is 9.47 Å². The largest absolute Gasteiger partial charge is 0.454 e. The van der Waals surface area contributed by atoms with Crippen molar-refractivity contribution in [3.05, 3.63) is 77.1 Å². The van der Waals surface area contributed by atoms with Gasteiger partial charge in [0, 0.05) is 30.2 Å². The molecule has 1 aromatic heterocycles. The van der Waals surface area contributed by atoms with E-state index in [2.05, 4.69) is 11.1 Å². The SMILES string of the molecule is CCC(=O)c1ccc(-c2cnc(CC(=O)C3(c4ccc5c(c4)OCO5)CC3)c(C)c2)cc1. The molecule has 0 unspecified atom stereocenters. The summed E-state index contributed by atoms with van der Waals surface area (Å²) in [6.07, 6.45) is 4.32. The van der Waals surface area contributed by atoms with Crippen LogP contribution in [-0.2, 0) is 16.6 Å². The van der Waals surface area contributed by atoms with Gasteiger partial charge < -0.3 is 9.47 Å². The molecule has 1 aliphatic heterocycles. The Kier molecular flexibility index (Phi) is 5.04. The number of fused-ring (bicyclic) bond motifs is 1.